The third-order valence-electron chi connectivity index (χ3n) is 2.59. The van der Waals surface area contributed by atoms with Crippen molar-refractivity contribution in [1.82, 2.24) is 10.3 Å². The number of aliphatic hydroxyl groups is 1. The van der Waals surface area contributed by atoms with Crippen LogP contribution in [0.25, 0.3) is 0 Å². The Morgan fingerprint density at radius 2 is 2.17 bits per heavy atom. The lowest BCUT2D eigenvalue weighted by Gasteiger charge is -2.23. The van der Waals surface area contributed by atoms with Gasteiger partial charge in [0, 0.05) is 23.3 Å². The van der Waals surface area contributed by atoms with Crippen LogP contribution in [0.4, 0.5) is 5.82 Å². The number of nitrogen functional groups attached to an aromatic ring is 1. The van der Waals surface area contributed by atoms with E-state index in [4.69, 9.17) is 11.0 Å². The predicted molar refractivity (Wildman–Crippen MR) is 70.8 cm³/mol. The highest BCUT2D eigenvalue weighted by molar-refractivity contribution is 5.51. The second kappa shape index (κ2) is 5.34. The number of nitrogens with one attached hydrogen (secondary N) is 1. The fourth-order valence-corrected chi connectivity index (χ4v) is 1.58. The molecule has 0 aliphatic heterocycles. The van der Waals surface area contributed by atoms with E-state index in [-0.39, 0.29) is 11.4 Å². The van der Waals surface area contributed by atoms with Crippen molar-refractivity contribution in [2.24, 2.45) is 0 Å². The Labute approximate surface area is 108 Å². The minimum Gasteiger partial charge on any atom is -0.387 e. The van der Waals surface area contributed by atoms with Crippen molar-refractivity contribution in [3.63, 3.8) is 0 Å². The van der Waals surface area contributed by atoms with Gasteiger partial charge >= 0.3 is 0 Å². The first-order valence-electron chi connectivity index (χ1n) is 5.85. The van der Waals surface area contributed by atoms with E-state index in [2.05, 4.69) is 10.3 Å². The summed E-state index contributed by atoms with van der Waals surface area (Å²) in [6, 6.07) is 3.57. The first kappa shape index (κ1) is 14.4. The number of hydrogen-bond acceptors (Lipinski definition) is 5. The summed E-state index contributed by atoms with van der Waals surface area (Å²) in [7, 11) is 0. The number of rotatable bonds is 3. The van der Waals surface area contributed by atoms with Gasteiger partial charge in [-0.2, -0.15) is 5.26 Å². The van der Waals surface area contributed by atoms with Gasteiger partial charge in [0.25, 0.3) is 0 Å². The molecule has 0 spiro atoms. The Morgan fingerprint density at radius 3 is 2.67 bits per heavy atom. The molecule has 0 fully saturated rings. The molecule has 1 aromatic rings. The number of aromatic nitrogens is 1. The van der Waals surface area contributed by atoms with Crippen molar-refractivity contribution < 1.29 is 5.11 Å². The van der Waals surface area contributed by atoms with Crippen molar-refractivity contribution in [2.45, 2.75) is 39.3 Å². The molecule has 0 amide bonds. The molecule has 98 valence electrons. The highest BCUT2D eigenvalue weighted by Gasteiger charge is 2.17. The molecule has 0 aliphatic carbocycles. The lowest BCUT2D eigenvalue weighted by Crippen LogP contribution is -2.38. The van der Waals surface area contributed by atoms with Gasteiger partial charge < -0.3 is 16.2 Å². The van der Waals surface area contributed by atoms with E-state index in [1.165, 1.54) is 0 Å². The maximum atomic E-state index is 10.1. The summed E-state index contributed by atoms with van der Waals surface area (Å²) in [5, 5.41) is 22.2. The smallest absolute Gasteiger partial charge is 0.141 e. The number of nitrogens with zero attached hydrogens (tertiary/aromatic N) is 2. The summed E-state index contributed by atoms with van der Waals surface area (Å²) >= 11 is 0. The largest absolute Gasteiger partial charge is 0.387 e. The lowest BCUT2D eigenvalue weighted by molar-refractivity contribution is 0.162. The molecule has 0 radical (unpaired) electrons. The van der Waals surface area contributed by atoms with E-state index in [0.717, 1.165) is 0 Å². The molecule has 5 nitrogen and oxygen atoms in total. The van der Waals surface area contributed by atoms with Crippen molar-refractivity contribution >= 4 is 5.82 Å². The molecule has 1 heterocycles. The number of nitrogens with two attached hydrogens (primary N) is 1. The van der Waals surface area contributed by atoms with Crippen LogP contribution >= 0.6 is 0 Å². The van der Waals surface area contributed by atoms with E-state index in [9.17, 15) is 5.11 Å². The number of nitriles is 1. The fraction of sp³-hybridized carbons (Fsp3) is 0.538. The molecule has 5 heteroatoms. The first-order valence-corrected chi connectivity index (χ1v) is 5.85. The Morgan fingerprint density at radius 1 is 1.56 bits per heavy atom. The summed E-state index contributed by atoms with van der Waals surface area (Å²) in [4.78, 5) is 4.08. The molecule has 0 aromatic carbocycles. The zero-order chi connectivity index (χ0) is 13.9. The SMILES string of the molecule is Cc1nc(N)c(C#N)cc1C(O)CNC(C)(C)C. The average Bonchev–Trinajstić information content (AvgIpc) is 2.25. The van der Waals surface area contributed by atoms with Gasteiger partial charge in [-0.1, -0.05) is 0 Å². The first-order chi connectivity index (χ1) is 8.24. The summed E-state index contributed by atoms with van der Waals surface area (Å²) in [6.45, 7) is 8.24. The summed E-state index contributed by atoms with van der Waals surface area (Å²) in [5.74, 6) is 0.203. The second-order valence-corrected chi connectivity index (χ2v) is 5.35. The van der Waals surface area contributed by atoms with Crippen molar-refractivity contribution in [3.8, 4) is 6.07 Å². The molecule has 0 bridgehead atoms. The Bertz CT molecular complexity index is 471. The Kier molecular flexibility index (Phi) is 4.28. The topological polar surface area (TPSA) is 95.0 Å². The summed E-state index contributed by atoms with van der Waals surface area (Å²) in [5.41, 5.74) is 7.12. The molecule has 1 rings (SSSR count). The van der Waals surface area contributed by atoms with Gasteiger partial charge in [-0.3, -0.25) is 0 Å². The molecule has 0 saturated carbocycles. The maximum Gasteiger partial charge on any atom is 0.141 e. The zero-order valence-corrected chi connectivity index (χ0v) is 11.3. The van der Waals surface area contributed by atoms with Crippen LogP contribution in [-0.4, -0.2) is 22.2 Å². The molecule has 4 N–H and O–H groups in total. The molecular formula is C13H20N4O. The minimum absolute atomic E-state index is 0.0752. The monoisotopic (exact) mass is 248 g/mol. The number of pyridine rings is 1. The number of anilines is 1. The van der Waals surface area contributed by atoms with Gasteiger partial charge in [0.2, 0.25) is 0 Å². The van der Waals surface area contributed by atoms with Gasteiger partial charge in [0.15, 0.2) is 0 Å². The van der Waals surface area contributed by atoms with Crippen LogP contribution in [0.5, 0.6) is 0 Å². The quantitative estimate of drug-likeness (QED) is 0.748. The van der Waals surface area contributed by atoms with Crippen LogP contribution in [0.2, 0.25) is 0 Å². The third kappa shape index (κ3) is 3.69. The fourth-order valence-electron chi connectivity index (χ4n) is 1.58. The van der Waals surface area contributed by atoms with E-state index < -0.39 is 6.10 Å². The Balaban J connectivity index is 2.93. The summed E-state index contributed by atoms with van der Waals surface area (Å²) < 4.78 is 0. The Hall–Kier alpha value is -1.64. The lowest BCUT2D eigenvalue weighted by atomic mass is 10.0. The van der Waals surface area contributed by atoms with Crippen molar-refractivity contribution in [2.75, 3.05) is 12.3 Å². The maximum absolute atomic E-state index is 10.1. The number of hydrogen-bond donors (Lipinski definition) is 3. The van der Waals surface area contributed by atoms with Gasteiger partial charge in [-0.05, 0) is 33.8 Å². The van der Waals surface area contributed by atoms with Gasteiger partial charge in [-0.25, -0.2) is 4.98 Å². The van der Waals surface area contributed by atoms with E-state index >= 15 is 0 Å². The number of aryl methyl sites for hydroxylation is 1. The highest BCUT2D eigenvalue weighted by atomic mass is 16.3. The molecule has 1 aromatic heterocycles. The van der Waals surface area contributed by atoms with Crippen LogP contribution in [0, 0.1) is 18.3 Å². The highest BCUT2D eigenvalue weighted by Crippen LogP contribution is 2.20. The zero-order valence-electron chi connectivity index (χ0n) is 11.3. The van der Waals surface area contributed by atoms with Crippen LogP contribution in [-0.2, 0) is 0 Å². The van der Waals surface area contributed by atoms with Gasteiger partial charge in [0.1, 0.15) is 11.9 Å². The van der Waals surface area contributed by atoms with Crippen LogP contribution in [0.15, 0.2) is 6.07 Å². The minimum atomic E-state index is -0.704. The van der Waals surface area contributed by atoms with Gasteiger partial charge in [0.05, 0.1) is 11.7 Å². The molecule has 0 aliphatic rings. The van der Waals surface area contributed by atoms with Crippen LogP contribution in [0.3, 0.4) is 0 Å². The molecule has 18 heavy (non-hydrogen) atoms. The van der Waals surface area contributed by atoms with Crippen molar-refractivity contribution in [3.05, 3.63) is 22.9 Å². The van der Waals surface area contributed by atoms with Crippen LogP contribution < -0.4 is 11.1 Å². The molecule has 1 atom stereocenters. The van der Waals surface area contributed by atoms with Gasteiger partial charge in [-0.15, -0.1) is 0 Å². The molecule has 0 saturated heterocycles. The van der Waals surface area contributed by atoms with Crippen LogP contribution in [0.1, 0.15) is 43.7 Å². The molecule has 1 unspecified atom stereocenters. The number of aliphatic hydroxyl groups excluding tert-OH is 1. The van der Waals surface area contributed by atoms with E-state index in [1.54, 1.807) is 13.0 Å². The normalized spacial score (nSPS) is 13.1. The molecular weight excluding hydrogens is 228 g/mol. The van der Waals surface area contributed by atoms with E-state index in [0.29, 0.717) is 23.4 Å². The predicted octanol–water partition coefficient (Wildman–Crippen LogP) is 1.27. The third-order valence-corrected chi connectivity index (χ3v) is 2.59. The average molecular weight is 248 g/mol. The number of β-amino-alcohol motifs (C(OH)–C–C–N with tert-alkyl or cyclic N) is 1. The van der Waals surface area contributed by atoms with E-state index in [1.807, 2.05) is 26.8 Å². The summed E-state index contributed by atoms with van der Waals surface area (Å²) in [6.07, 6.45) is -0.704. The standard InChI is InChI=1S/C13H20N4O/c1-8-10(5-9(6-14)12(15)17-8)11(18)7-16-13(2,3)4/h5,11,16,18H,7H2,1-4H3,(H2,15,17). The van der Waals surface area contributed by atoms with Crippen molar-refractivity contribution in [1.29, 1.82) is 5.26 Å². The second-order valence-electron chi connectivity index (χ2n) is 5.35.